The molecule has 1 saturated carbocycles. The molecule has 1 aliphatic carbocycles. The monoisotopic (exact) mass is 357 g/mol. The fourth-order valence-electron chi connectivity index (χ4n) is 2.35. The van der Waals surface area contributed by atoms with Gasteiger partial charge in [0.15, 0.2) is 0 Å². The predicted octanol–water partition coefficient (Wildman–Crippen LogP) is 2.59. The smallest absolute Gasteiger partial charge is 0.243 e. The lowest BCUT2D eigenvalue weighted by molar-refractivity contribution is 0.278. The lowest BCUT2D eigenvalue weighted by Crippen LogP contribution is -2.49. The highest BCUT2D eigenvalue weighted by molar-refractivity contribution is 9.10. The Kier molecular flexibility index (Phi) is 4.47. The average Bonchev–Trinajstić information content (AvgIpc) is 2.41. The van der Waals surface area contributed by atoms with Crippen LogP contribution in [0.1, 0.15) is 32.6 Å². The van der Waals surface area contributed by atoms with Crippen molar-refractivity contribution in [3.05, 3.63) is 22.9 Å². The molecular weight excluding hydrogens is 342 g/mol. The standard InChI is InChI=1S/C13H16BrN3O2S/c1-10-2-4-13(9-15,5-3-10)17-20(18,19)12-6-11(14)7-16-8-12/h6-8,10,17H,2-5H2,1H3. The summed E-state index contributed by atoms with van der Waals surface area (Å²) in [6, 6.07) is 3.63. The number of halogens is 1. The fraction of sp³-hybridized carbons (Fsp3) is 0.538. The normalized spacial score (nSPS) is 26.9. The summed E-state index contributed by atoms with van der Waals surface area (Å²) in [6.45, 7) is 2.12. The summed E-state index contributed by atoms with van der Waals surface area (Å²) in [7, 11) is -3.74. The molecule has 1 aromatic rings. The number of sulfonamides is 1. The molecule has 20 heavy (non-hydrogen) atoms. The Morgan fingerprint density at radius 3 is 2.65 bits per heavy atom. The van der Waals surface area contributed by atoms with E-state index in [-0.39, 0.29) is 4.90 Å². The third-order valence-corrected chi connectivity index (χ3v) is 5.60. The van der Waals surface area contributed by atoms with Crippen LogP contribution in [-0.2, 0) is 10.0 Å². The van der Waals surface area contributed by atoms with Gasteiger partial charge in [-0.2, -0.15) is 9.98 Å². The zero-order chi connectivity index (χ0) is 14.8. The van der Waals surface area contributed by atoms with E-state index in [1.54, 1.807) is 0 Å². The summed E-state index contributed by atoms with van der Waals surface area (Å²) in [5, 5.41) is 9.39. The molecule has 0 spiro atoms. The van der Waals surface area contributed by atoms with Gasteiger partial charge in [0.2, 0.25) is 10.0 Å². The van der Waals surface area contributed by atoms with Crippen molar-refractivity contribution >= 4 is 26.0 Å². The van der Waals surface area contributed by atoms with Gasteiger partial charge in [-0.05, 0) is 53.6 Å². The van der Waals surface area contributed by atoms with Crippen molar-refractivity contribution in [2.45, 2.75) is 43.0 Å². The highest BCUT2D eigenvalue weighted by atomic mass is 79.9. The summed E-state index contributed by atoms with van der Waals surface area (Å²) >= 11 is 3.20. The average molecular weight is 358 g/mol. The van der Waals surface area contributed by atoms with E-state index in [4.69, 9.17) is 0 Å². The van der Waals surface area contributed by atoms with E-state index in [2.05, 4.69) is 38.6 Å². The molecule has 0 aromatic carbocycles. The molecule has 5 nitrogen and oxygen atoms in total. The van der Waals surface area contributed by atoms with Crippen LogP contribution >= 0.6 is 15.9 Å². The minimum atomic E-state index is -3.74. The molecule has 1 aromatic heterocycles. The molecule has 1 fully saturated rings. The molecule has 7 heteroatoms. The Morgan fingerprint density at radius 1 is 1.45 bits per heavy atom. The van der Waals surface area contributed by atoms with Crippen LogP contribution in [0.2, 0.25) is 0 Å². The van der Waals surface area contributed by atoms with Gasteiger partial charge in [-0.15, -0.1) is 0 Å². The van der Waals surface area contributed by atoms with Crippen molar-refractivity contribution in [2.24, 2.45) is 5.92 Å². The van der Waals surface area contributed by atoms with Gasteiger partial charge in [0.25, 0.3) is 0 Å². The number of rotatable bonds is 3. The van der Waals surface area contributed by atoms with Gasteiger partial charge in [-0.25, -0.2) is 8.42 Å². The van der Waals surface area contributed by atoms with E-state index in [0.717, 1.165) is 12.8 Å². The third kappa shape index (κ3) is 3.37. The van der Waals surface area contributed by atoms with Gasteiger partial charge < -0.3 is 0 Å². The number of hydrogen-bond acceptors (Lipinski definition) is 4. The van der Waals surface area contributed by atoms with Gasteiger partial charge in [0.05, 0.1) is 6.07 Å². The van der Waals surface area contributed by atoms with Crippen molar-refractivity contribution < 1.29 is 8.42 Å². The first-order valence-electron chi connectivity index (χ1n) is 6.43. The molecule has 108 valence electrons. The molecule has 1 heterocycles. The SMILES string of the molecule is CC1CCC(C#N)(NS(=O)(=O)c2cncc(Br)c2)CC1. The van der Waals surface area contributed by atoms with E-state index in [9.17, 15) is 13.7 Å². The Morgan fingerprint density at radius 2 is 2.10 bits per heavy atom. The van der Waals surface area contributed by atoms with Gasteiger partial charge in [-0.1, -0.05) is 6.92 Å². The Hall–Kier alpha value is -0.970. The Balaban J connectivity index is 2.25. The third-order valence-electron chi connectivity index (χ3n) is 3.66. The zero-order valence-corrected chi connectivity index (χ0v) is 13.5. The highest BCUT2D eigenvalue weighted by Crippen LogP contribution is 2.32. The number of nitrogens with zero attached hydrogens (tertiary/aromatic N) is 2. The van der Waals surface area contributed by atoms with E-state index in [1.807, 2.05) is 0 Å². The summed E-state index contributed by atoms with van der Waals surface area (Å²) in [5.41, 5.74) is -0.992. The van der Waals surface area contributed by atoms with Gasteiger partial charge in [0.1, 0.15) is 10.4 Å². The number of aromatic nitrogens is 1. The van der Waals surface area contributed by atoms with Crippen LogP contribution in [0, 0.1) is 17.2 Å². The lowest BCUT2D eigenvalue weighted by Gasteiger charge is -2.33. The molecule has 1 aliphatic rings. The van der Waals surface area contributed by atoms with Crippen molar-refractivity contribution in [3.63, 3.8) is 0 Å². The first-order valence-corrected chi connectivity index (χ1v) is 8.70. The largest absolute Gasteiger partial charge is 0.262 e. The van der Waals surface area contributed by atoms with Crippen LogP contribution in [0.3, 0.4) is 0 Å². The van der Waals surface area contributed by atoms with Crippen LogP contribution in [0.25, 0.3) is 0 Å². The van der Waals surface area contributed by atoms with Crippen LogP contribution in [0.4, 0.5) is 0 Å². The molecule has 2 rings (SSSR count). The maximum Gasteiger partial charge on any atom is 0.243 e. The van der Waals surface area contributed by atoms with Crippen molar-refractivity contribution in [1.29, 1.82) is 5.26 Å². The maximum absolute atomic E-state index is 12.4. The summed E-state index contributed by atoms with van der Waals surface area (Å²) in [4.78, 5) is 3.92. The predicted molar refractivity (Wildman–Crippen MR) is 78.2 cm³/mol. The topological polar surface area (TPSA) is 82.9 Å². The summed E-state index contributed by atoms with van der Waals surface area (Å²) in [6.07, 6.45) is 5.60. The molecule has 1 N–H and O–H groups in total. The van der Waals surface area contributed by atoms with E-state index < -0.39 is 15.6 Å². The fourth-order valence-corrected chi connectivity index (χ4v) is 4.23. The second kappa shape index (κ2) is 5.80. The number of nitriles is 1. The molecular formula is C13H16BrN3O2S. The molecule has 0 bridgehead atoms. The molecule has 0 aliphatic heterocycles. The Bertz CT molecular complexity index is 631. The number of hydrogen-bond donors (Lipinski definition) is 1. The van der Waals surface area contributed by atoms with E-state index in [0.29, 0.717) is 23.2 Å². The summed E-state index contributed by atoms with van der Waals surface area (Å²) in [5.74, 6) is 0.536. The first-order chi connectivity index (χ1) is 9.37. The number of pyridine rings is 1. The second-order valence-electron chi connectivity index (χ2n) is 5.32. The van der Waals surface area contributed by atoms with Crippen molar-refractivity contribution in [2.75, 3.05) is 0 Å². The zero-order valence-electron chi connectivity index (χ0n) is 11.1. The minimum Gasteiger partial charge on any atom is -0.262 e. The van der Waals surface area contributed by atoms with Crippen LogP contribution in [0.5, 0.6) is 0 Å². The molecule has 0 amide bonds. The van der Waals surface area contributed by atoms with Gasteiger partial charge >= 0.3 is 0 Å². The van der Waals surface area contributed by atoms with E-state index >= 15 is 0 Å². The van der Waals surface area contributed by atoms with Crippen LogP contribution in [0.15, 0.2) is 27.8 Å². The lowest BCUT2D eigenvalue weighted by atomic mass is 9.79. The van der Waals surface area contributed by atoms with Crippen LogP contribution < -0.4 is 4.72 Å². The van der Waals surface area contributed by atoms with Crippen molar-refractivity contribution in [3.8, 4) is 6.07 Å². The van der Waals surface area contributed by atoms with Gasteiger partial charge in [0, 0.05) is 16.9 Å². The highest BCUT2D eigenvalue weighted by Gasteiger charge is 2.38. The molecule has 0 unspecified atom stereocenters. The van der Waals surface area contributed by atoms with Crippen molar-refractivity contribution in [1.82, 2.24) is 9.71 Å². The molecule has 0 saturated heterocycles. The van der Waals surface area contributed by atoms with Gasteiger partial charge in [-0.3, -0.25) is 4.98 Å². The first kappa shape index (κ1) is 15.4. The Labute approximate surface area is 127 Å². The summed E-state index contributed by atoms with van der Waals surface area (Å²) < 4.78 is 27.9. The molecule has 0 atom stereocenters. The minimum absolute atomic E-state index is 0.0696. The molecule has 0 radical (unpaired) electrons. The van der Waals surface area contributed by atoms with E-state index in [1.165, 1.54) is 18.5 Å². The second-order valence-corrected chi connectivity index (χ2v) is 7.92. The quantitative estimate of drug-likeness (QED) is 0.900. The number of nitrogens with one attached hydrogen (secondary N) is 1. The van der Waals surface area contributed by atoms with Crippen LogP contribution in [-0.4, -0.2) is 18.9 Å². The maximum atomic E-state index is 12.4.